The van der Waals surface area contributed by atoms with Crippen LogP contribution in [0.3, 0.4) is 0 Å². The van der Waals surface area contributed by atoms with Crippen molar-refractivity contribution >= 4 is 18.6 Å². The number of H-pyrrole nitrogens is 1. The number of rotatable bonds is 9. The average Bonchev–Trinajstić information content (AvgIpc) is 3.08. The molecule has 3 heterocycles. The zero-order valence-electron chi connectivity index (χ0n) is 20.5. The van der Waals surface area contributed by atoms with E-state index in [0.717, 1.165) is 0 Å². The molecule has 1 aliphatic heterocycles. The minimum Gasteiger partial charge on any atom is -0.388 e. The first kappa shape index (κ1) is 27.9. The summed E-state index contributed by atoms with van der Waals surface area (Å²) in [7, 11) is -4.51. The number of aliphatic hydroxyl groups is 3. The van der Waals surface area contributed by atoms with Crippen molar-refractivity contribution in [3.8, 4) is 0 Å². The van der Waals surface area contributed by atoms with Gasteiger partial charge in [0, 0.05) is 23.7 Å². The number of nitrogens with zero attached hydrogens (tertiary/aromatic N) is 1. The highest BCUT2D eigenvalue weighted by molar-refractivity contribution is 7.54. The Kier molecular flexibility index (Phi) is 7.94. The zero-order chi connectivity index (χ0) is 26.3. The number of fused-ring (bicyclic) bond motifs is 1. The van der Waals surface area contributed by atoms with Crippen LogP contribution in [0.2, 0.25) is 0 Å². The number of aliphatic hydroxyl groups excluding tert-OH is 2. The first-order chi connectivity index (χ1) is 16.2. The Morgan fingerprint density at radius 2 is 1.86 bits per heavy atom. The van der Waals surface area contributed by atoms with Crippen LogP contribution >= 0.6 is 7.60 Å². The molecule has 0 amide bonds. The Bertz CT molecular complexity index is 1190. The molecule has 1 saturated heterocycles. The normalized spacial score (nSPS) is 26.6. The summed E-state index contributed by atoms with van der Waals surface area (Å²) in [4.78, 5) is 29.7. The molecular weight excluding hydrogens is 482 g/mol. The summed E-state index contributed by atoms with van der Waals surface area (Å²) in [5.74, 6) is -0.581. The van der Waals surface area contributed by atoms with Gasteiger partial charge in [0.2, 0.25) is 0 Å². The summed E-state index contributed by atoms with van der Waals surface area (Å²) >= 11 is 0. The largest absolute Gasteiger partial charge is 0.388 e. The van der Waals surface area contributed by atoms with Crippen LogP contribution in [0.15, 0.2) is 17.1 Å². The second kappa shape index (κ2) is 9.97. The van der Waals surface area contributed by atoms with Crippen LogP contribution in [-0.2, 0) is 13.8 Å². The van der Waals surface area contributed by atoms with E-state index in [-0.39, 0.29) is 47.8 Å². The number of aromatic amines is 1. The second-order valence-corrected chi connectivity index (χ2v) is 11.5. The highest BCUT2D eigenvalue weighted by Gasteiger charge is 2.51. The third kappa shape index (κ3) is 5.09. The number of pyridine rings is 2. The van der Waals surface area contributed by atoms with Crippen LogP contribution in [0.5, 0.6) is 0 Å². The van der Waals surface area contributed by atoms with E-state index < -0.39 is 54.3 Å². The first-order valence-electron chi connectivity index (χ1n) is 11.7. The molecule has 196 valence electrons. The van der Waals surface area contributed by atoms with Crippen molar-refractivity contribution in [2.45, 2.75) is 95.7 Å². The predicted octanol–water partition coefficient (Wildman–Crippen LogP) is 2.80. The maximum Gasteiger partial charge on any atom is 0.359 e. The molecule has 5 N–H and O–H groups in total. The van der Waals surface area contributed by atoms with Crippen LogP contribution in [0.4, 0.5) is 4.39 Å². The fraction of sp³-hybridized carbons (Fsp3) is 0.652. The lowest BCUT2D eigenvalue weighted by atomic mass is 9.92. The van der Waals surface area contributed by atoms with Gasteiger partial charge in [-0.2, -0.15) is 0 Å². The van der Waals surface area contributed by atoms with Gasteiger partial charge in [0.05, 0.1) is 17.1 Å². The van der Waals surface area contributed by atoms with Crippen molar-refractivity contribution in [2.75, 3.05) is 0 Å². The number of aryl methyl sites for hydroxylation is 1. The molecule has 6 atom stereocenters. The molecule has 3 unspecified atom stereocenters. The van der Waals surface area contributed by atoms with Crippen molar-refractivity contribution in [3.63, 3.8) is 0 Å². The van der Waals surface area contributed by atoms with E-state index in [2.05, 4.69) is 9.97 Å². The van der Waals surface area contributed by atoms with Gasteiger partial charge >= 0.3 is 7.60 Å². The molecule has 2 aromatic heterocycles. The van der Waals surface area contributed by atoms with Crippen molar-refractivity contribution in [1.29, 1.82) is 0 Å². The topological polar surface area (TPSA) is 162 Å². The van der Waals surface area contributed by atoms with Gasteiger partial charge in [-0.25, -0.2) is 9.37 Å². The average molecular weight is 517 g/mol. The molecule has 0 saturated carbocycles. The van der Waals surface area contributed by atoms with E-state index in [1.165, 1.54) is 19.2 Å². The molecule has 1 aliphatic rings. The second-order valence-electron chi connectivity index (χ2n) is 9.46. The van der Waals surface area contributed by atoms with Crippen molar-refractivity contribution in [1.82, 2.24) is 9.97 Å². The molecule has 1 fully saturated rings. The summed E-state index contributed by atoms with van der Waals surface area (Å²) in [6, 6.07) is 1.24. The van der Waals surface area contributed by atoms with Crippen LogP contribution in [0.1, 0.15) is 70.6 Å². The smallest absolute Gasteiger partial charge is 0.359 e. The van der Waals surface area contributed by atoms with Crippen LogP contribution in [0.25, 0.3) is 11.0 Å². The number of aromatic nitrogens is 2. The summed E-state index contributed by atoms with van der Waals surface area (Å²) < 4.78 is 39.0. The van der Waals surface area contributed by atoms with Gasteiger partial charge in [-0.05, 0) is 39.2 Å². The lowest BCUT2D eigenvalue weighted by Crippen LogP contribution is -2.40. The third-order valence-corrected chi connectivity index (χ3v) is 9.44. The Labute approximate surface area is 202 Å². The van der Waals surface area contributed by atoms with Crippen LogP contribution in [-0.4, -0.2) is 59.4 Å². The standard InChI is InChI=1S/C23H34FN2O8P/c1-6-22(5,34-35(31,32)23(30,7-2)8-3)10-15-17(27)18(28)19(33-15)14-9-13-16(24)12(4)11-25-20(13)26-21(14)29/h9,11,15,17-19,27-28,30H,6-8,10H2,1-5H3,(H,31,32)(H,25,26,29)/t15-,17?,18+,19+,22?/m1/s1. The van der Waals surface area contributed by atoms with Gasteiger partial charge < -0.3 is 34.5 Å². The lowest BCUT2D eigenvalue weighted by molar-refractivity contribution is -0.0544. The van der Waals surface area contributed by atoms with Gasteiger partial charge in [0.15, 0.2) is 5.34 Å². The summed E-state index contributed by atoms with van der Waals surface area (Å²) in [5.41, 5.74) is -1.75. The molecule has 2 aromatic rings. The number of nitrogens with one attached hydrogen (secondary N) is 1. The minimum atomic E-state index is -4.51. The van der Waals surface area contributed by atoms with E-state index in [1.54, 1.807) is 27.7 Å². The van der Waals surface area contributed by atoms with E-state index in [9.17, 15) is 34.0 Å². The fourth-order valence-electron chi connectivity index (χ4n) is 4.33. The van der Waals surface area contributed by atoms with Crippen LogP contribution < -0.4 is 5.56 Å². The Morgan fingerprint density at radius 1 is 1.23 bits per heavy atom. The van der Waals surface area contributed by atoms with Gasteiger partial charge in [-0.3, -0.25) is 9.36 Å². The maximum atomic E-state index is 14.6. The van der Waals surface area contributed by atoms with Crippen LogP contribution in [0, 0.1) is 12.7 Å². The van der Waals surface area contributed by atoms with Crippen molar-refractivity contribution in [3.05, 3.63) is 39.6 Å². The van der Waals surface area contributed by atoms with E-state index in [4.69, 9.17) is 9.26 Å². The quantitative estimate of drug-likeness (QED) is 0.316. The molecule has 3 rings (SSSR count). The molecule has 0 spiro atoms. The summed E-state index contributed by atoms with van der Waals surface area (Å²) in [5, 5.41) is 30.1. The lowest BCUT2D eigenvalue weighted by Gasteiger charge is -2.38. The SMILES string of the molecule is CCC(C)(C[C@H]1O[C@@H](c2cc3c(F)c(C)cnc3[nH]c2=O)[C@@H](O)C1O)OP(=O)(O)C(O)(CC)CC. The summed E-state index contributed by atoms with van der Waals surface area (Å²) in [6.45, 7) is 7.93. The highest BCUT2D eigenvalue weighted by Crippen LogP contribution is 2.60. The Morgan fingerprint density at radius 3 is 2.43 bits per heavy atom. The Hall–Kier alpha value is -1.72. The first-order valence-corrected chi connectivity index (χ1v) is 13.3. The van der Waals surface area contributed by atoms with E-state index in [1.807, 2.05) is 0 Å². The fourth-order valence-corrected chi connectivity index (χ4v) is 6.10. The van der Waals surface area contributed by atoms with Crippen molar-refractivity contribution in [2.24, 2.45) is 0 Å². The highest BCUT2D eigenvalue weighted by atomic mass is 31.2. The van der Waals surface area contributed by atoms with Gasteiger partial charge in [-0.15, -0.1) is 0 Å². The number of halogens is 1. The third-order valence-electron chi connectivity index (χ3n) is 7.07. The van der Waals surface area contributed by atoms with Gasteiger partial charge in [0.1, 0.15) is 29.8 Å². The molecule has 0 aliphatic carbocycles. The van der Waals surface area contributed by atoms with E-state index >= 15 is 0 Å². The molecule has 10 nitrogen and oxygen atoms in total. The van der Waals surface area contributed by atoms with Gasteiger partial charge in [0.25, 0.3) is 5.56 Å². The van der Waals surface area contributed by atoms with E-state index in [0.29, 0.717) is 0 Å². The maximum absolute atomic E-state index is 14.6. The molecule has 12 heteroatoms. The molecule has 0 radical (unpaired) electrons. The van der Waals surface area contributed by atoms with Gasteiger partial charge in [-0.1, -0.05) is 20.8 Å². The zero-order valence-corrected chi connectivity index (χ0v) is 21.4. The van der Waals surface area contributed by atoms with Crippen molar-refractivity contribution < 1.29 is 38.4 Å². The monoisotopic (exact) mass is 516 g/mol. The number of hydrogen-bond donors (Lipinski definition) is 5. The minimum absolute atomic E-state index is 0.00392. The molecule has 35 heavy (non-hydrogen) atoms. The molecule has 0 aromatic carbocycles. The molecular formula is C23H34FN2O8P. The Balaban J connectivity index is 1.90. The predicted molar refractivity (Wildman–Crippen MR) is 126 cm³/mol. The number of ether oxygens (including phenoxy) is 1. The number of hydrogen-bond acceptors (Lipinski definition) is 8. The summed E-state index contributed by atoms with van der Waals surface area (Å²) in [6.07, 6.45) is -3.96. The molecule has 0 bridgehead atoms.